The monoisotopic (exact) mass is 366 g/mol. The molecule has 2 aliphatic rings. The van der Waals surface area contributed by atoms with E-state index in [4.69, 9.17) is 15.2 Å². The molecule has 1 saturated carbocycles. The van der Waals surface area contributed by atoms with Crippen LogP contribution in [0, 0.1) is 0 Å². The molecule has 0 radical (unpaired) electrons. The Morgan fingerprint density at radius 3 is 2.84 bits per heavy atom. The smallest absolute Gasteiger partial charge is 0.191 e. The minimum Gasteiger partial charge on any atom is -0.390 e. The first kappa shape index (κ1) is 17.0. The van der Waals surface area contributed by atoms with Crippen molar-refractivity contribution in [2.24, 2.45) is 0 Å². The van der Waals surface area contributed by atoms with Gasteiger partial charge in [0, 0.05) is 12.2 Å². The quantitative estimate of drug-likeness (QED) is 0.605. The van der Waals surface area contributed by atoms with Gasteiger partial charge in [-0.25, -0.2) is 14.6 Å². The van der Waals surface area contributed by atoms with Crippen LogP contribution in [0.5, 0.6) is 0 Å². The number of nitrogens with zero attached hydrogens (tertiary/aromatic N) is 5. The van der Waals surface area contributed by atoms with E-state index >= 15 is 0 Å². The van der Waals surface area contributed by atoms with Crippen LogP contribution in [-0.2, 0) is 9.47 Å². The zero-order valence-electron chi connectivity index (χ0n) is 14.4. The Hall–Kier alpha value is -1.49. The van der Waals surface area contributed by atoms with Crippen molar-refractivity contribution in [2.75, 3.05) is 11.5 Å². The highest BCUT2D eigenvalue weighted by molar-refractivity contribution is 7.99. The summed E-state index contributed by atoms with van der Waals surface area (Å²) >= 11 is 1.55. The van der Waals surface area contributed by atoms with Gasteiger partial charge in [-0.15, -0.1) is 5.10 Å². The summed E-state index contributed by atoms with van der Waals surface area (Å²) in [6.45, 7) is 5.78. The molecule has 1 aliphatic heterocycles. The summed E-state index contributed by atoms with van der Waals surface area (Å²) < 4.78 is 13.5. The van der Waals surface area contributed by atoms with E-state index in [9.17, 15) is 5.11 Å². The van der Waals surface area contributed by atoms with Crippen molar-refractivity contribution in [3.63, 3.8) is 0 Å². The summed E-state index contributed by atoms with van der Waals surface area (Å²) in [4.78, 5) is 8.88. The first-order valence-electron chi connectivity index (χ1n) is 8.44. The molecular formula is C15H22N6O3S. The second-order valence-electron chi connectivity index (χ2n) is 6.88. The second kappa shape index (κ2) is 6.04. The van der Waals surface area contributed by atoms with Crippen molar-refractivity contribution in [1.29, 1.82) is 0 Å². The van der Waals surface area contributed by atoms with E-state index in [1.165, 1.54) is 0 Å². The average molecular weight is 366 g/mol. The largest absolute Gasteiger partial charge is 0.390 e. The van der Waals surface area contributed by atoms with E-state index in [1.807, 2.05) is 13.8 Å². The number of aromatic nitrogens is 5. The molecule has 0 aromatic carbocycles. The second-order valence-corrected chi connectivity index (χ2v) is 7.94. The maximum Gasteiger partial charge on any atom is 0.191 e. The molecule has 10 heteroatoms. The Labute approximate surface area is 149 Å². The highest BCUT2D eigenvalue weighted by atomic mass is 32.2. The van der Waals surface area contributed by atoms with E-state index in [1.54, 1.807) is 16.4 Å². The molecule has 1 aliphatic carbocycles. The van der Waals surface area contributed by atoms with E-state index in [0.29, 0.717) is 28.6 Å². The standard InChI is InChI=1S/C15H22N6O3S/c1-4-5-25-14-17-12(16)9-13(18-14)21(20-19-9)7-6-8(22)11-10(7)23-15(2,3)24-11/h7-8,10-11,22H,4-6H2,1-3H3,(H2,16,17,18)/t7-,8+,10+,11-/m1/s1. The van der Waals surface area contributed by atoms with Crippen molar-refractivity contribution in [3.05, 3.63) is 0 Å². The highest BCUT2D eigenvalue weighted by Crippen LogP contribution is 2.44. The number of aliphatic hydroxyl groups excluding tert-OH is 1. The molecule has 1 saturated heterocycles. The zero-order valence-corrected chi connectivity index (χ0v) is 15.2. The molecule has 4 rings (SSSR count). The molecule has 4 atom stereocenters. The Bertz CT molecular complexity index is 797. The van der Waals surface area contributed by atoms with Crippen molar-refractivity contribution in [3.8, 4) is 0 Å². The first-order valence-corrected chi connectivity index (χ1v) is 9.43. The SMILES string of the molecule is CCCSc1nc(N)c2nnn([C@@H]3C[C@H](O)[C@H]4OC(C)(C)O[C@H]43)c2n1. The third-order valence-corrected chi connectivity index (χ3v) is 5.54. The molecular weight excluding hydrogens is 344 g/mol. The molecule has 136 valence electrons. The number of ether oxygens (including phenoxy) is 2. The zero-order chi connectivity index (χ0) is 17.8. The average Bonchev–Trinajstić information content (AvgIpc) is 3.18. The predicted octanol–water partition coefficient (Wildman–Crippen LogP) is 1.13. The van der Waals surface area contributed by atoms with Gasteiger partial charge in [-0.3, -0.25) is 0 Å². The number of hydrogen-bond acceptors (Lipinski definition) is 9. The topological polar surface area (TPSA) is 121 Å². The van der Waals surface area contributed by atoms with Crippen LogP contribution < -0.4 is 5.73 Å². The van der Waals surface area contributed by atoms with E-state index < -0.39 is 11.9 Å². The predicted molar refractivity (Wildman–Crippen MR) is 92.0 cm³/mol. The fourth-order valence-corrected chi connectivity index (χ4v) is 4.18. The summed E-state index contributed by atoms with van der Waals surface area (Å²) in [5.41, 5.74) is 7.07. The molecule has 2 aromatic heterocycles. The van der Waals surface area contributed by atoms with Crippen LogP contribution in [0.1, 0.15) is 39.7 Å². The normalized spacial score (nSPS) is 30.9. The van der Waals surface area contributed by atoms with Crippen LogP contribution in [0.15, 0.2) is 5.16 Å². The molecule has 0 amide bonds. The number of hydrogen-bond donors (Lipinski definition) is 2. The lowest BCUT2D eigenvalue weighted by atomic mass is 10.2. The fourth-order valence-electron chi connectivity index (χ4n) is 3.48. The molecule has 2 fully saturated rings. The lowest BCUT2D eigenvalue weighted by molar-refractivity contribution is -0.165. The van der Waals surface area contributed by atoms with Gasteiger partial charge < -0.3 is 20.3 Å². The van der Waals surface area contributed by atoms with Gasteiger partial charge in [-0.2, -0.15) is 0 Å². The molecule has 0 bridgehead atoms. The van der Waals surface area contributed by atoms with E-state index in [2.05, 4.69) is 27.2 Å². The summed E-state index contributed by atoms with van der Waals surface area (Å²) in [5, 5.41) is 19.3. The molecule has 25 heavy (non-hydrogen) atoms. The van der Waals surface area contributed by atoms with Gasteiger partial charge in [0.25, 0.3) is 0 Å². The van der Waals surface area contributed by atoms with Crippen LogP contribution in [0.3, 0.4) is 0 Å². The number of rotatable bonds is 4. The van der Waals surface area contributed by atoms with Gasteiger partial charge in [-0.05, 0) is 20.3 Å². The number of fused-ring (bicyclic) bond motifs is 2. The van der Waals surface area contributed by atoms with Gasteiger partial charge in [-0.1, -0.05) is 23.9 Å². The minimum absolute atomic E-state index is 0.217. The Balaban J connectivity index is 1.73. The molecule has 0 unspecified atom stereocenters. The van der Waals surface area contributed by atoms with Crippen LogP contribution in [0.4, 0.5) is 5.82 Å². The minimum atomic E-state index is -0.735. The molecule has 9 nitrogen and oxygen atoms in total. The number of anilines is 1. The first-order chi connectivity index (χ1) is 11.9. The van der Waals surface area contributed by atoms with Gasteiger partial charge in [0.2, 0.25) is 0 Å². The number of thioether (sulfide) groups is 1. The van der Waals surface area contributed by atoms with E-state index in [-0.39, 0.29) is 18.2 Å². The molecule has 0 spiro atoms. The van der Waals surface area contributed by atoms with Gasteiger partial charge in [0.15, 0.2) is 27.9 Å². The molecule has 3 heterocycles. The maximum absolute atomic E-state index is 10.4. The van der Waals surface area contributed by atoms with E-state index in [0.717, 1.165) is 12.2 Å². The Morgan fingerprint density at radius 1 is 1.32 bits per heavy atom. The van der Waals surface area contributed by atoms with Crippen LogP contribution in [0.25, 0.3) is 11.2 Å². The number of nitrogens with two attached hydrogens (primary N) is 1. The maximum atomic E-state index is 10.4. The molecule has 2 aromatic rings. The number of nitrogen functional groups attached to an aromatic ring is 1. The van der Waals surface area contributed by atoms with Crippen LogP contribution in [-0.4, -0.2) is 59.9 Å². The van der Waals surface area contributed by atoms with Crippen LogP contribution in [0.2, 0.25) is 0 Å². The van der Waals surface area contributed by atoms with Crippen molar-refractivity contribution in [2.45, 2.75) is 68.9 Å². The van der Waals surface area contributed by atoms with Crippen molar-refractivity contribution < 1.29 is 14.6 Å². The lowest BCUT2D eigenvalue weighted by Crippen LogP contribution is -2.29. The highest BCUT2D eigenvalue weighted by Gasteiger charge is 2.55. The van der Waals surface area contributed by atoms with Crippen LogP contribution >= 0.6 is 11.8 Å². The van der Waals surface area contributed by atoms with Crippen molar-refractivity contribution in [1.82, 2.24) is 25.0 Å². The van der Waals surface area contributed by atoms with Gasteiger partial charge in [0.1, 0.15) is 12.2 Å². The van der Waals surface area contributed by atoms with Gasteiger partial charge in [0.05, 0.1) is 12.1 Å². The Morgan fingerprint density at radius 2 is 2.08 bits per heavy atom. The summed E-state index contributed by atoms with van der Waals surface area (Å²) in [6.07, 6.45) is 0.169. The summed E-state index contributed by atoms with van der Waals surface area (Å²) in [6, 6.07) is -0.217. The molecule has 3 N–H and O–H groups in total. The summed E-state index contributed by atoms with van der Waals surface area (Å²) in [7, 11) is 0. The third kappa shape index (κ3) is 2.86. The third-order valence-electron chi connectivity index (χ3n) is 4.48. The number of aliphatic hydroxyl groups is 1. The Kier molecular flexibility index (Phi) is 4.10. The fraction of sp³-hybridized carbons (Fsp3) is 0.733. The lowest BCUT2D eigenvalue weighted by Gasteiger charge is -2.22. The van der Waals surface area contributed by atoms with Gasteiger partial charge >= 0.3 is 0 Å². The summed E-state index contributed by atoms with van der Waals surface area (Å²) in [5.74, 6) is 0.486. The van der Waals surface area contributed by atoms with Crippen molar-refractivity contribution >= 4 is 28.7 Å².